The SMILES string of the molecule is CC/C(=C\COc1ccc(Cl)cc1)CCC=C(Cl)Cl. The van der Waals surface area contributed by atoms with Gasteiger partial charge in [-0.15, -0.1) is 0 Å². The topological polar surface area (TPSA) is 9.23 Å². The Balaban J connectivity index is 2.40. The Bertz CT molecular complexity index is 431. The fraction of sp³-hybridized carbons (Fsp3) is 0.333. The van der Waals surface area contributed by atoms with Crippen LogP contribution < -0.4 is 4.74 Å². The van der Waals surface area contributed by atoms with Gasteiger partial charge in [-0.1, -0.05) is 53.4 Å². The molecule has 0 radical (unpaired) electrons. The van der Waals surface area contributed by atoms with Crippen LogP contribution in [-0.2, 0) is 0 Å². The molecule has 0 saturated heterocycles. The van der Waals surface area contributed by atoms with E-state index in [2.05, 4.69) is 13.0 Å². The molecule has 0 bridgehead atoms. The zero-order valence-electron chi connectivity index (χ0n) is 10.8. The molecular formula is C15H17Cl3O. The van der Waals surface area contributed by atoms with E-state index >= 15 is 0 Å². The Morgan fingerprint density at radius 1 is 1.16 bits per heavy atom. The van der Waals surface area contributed by atoms with E-state index in [1.807, 2.05) is 30.3 Å². The summed E-state index contributed by atoms with van der Waals surface area (Å²) >= 11 is 17.0. The second-order valence-electron chi connectivity index (χ2n) is 4.01. The Hall–Kier alpha value is -0.630. The molecule has 0 atom stereocenters. The van der Waals surface area contributed by atoms with Crippen molar-refractivity contribution in [1.82, 2.24) is 0 Å². The molecule has 0 saturated carbocycles. The van der Waals surface area contributed by atoms with Crippen molar-refractivity contribution in [3.05, 3.63) is 51.5 Å². The van der Waals surface area contributed by atoms with E-state index in [4.69, 9.17) is 39.5 Å². The van der Waals surface area contributed by atoms with Crippen LogP contribution in [0.2, 0.25) is 5.02 Å². The number of benzene rings is 1. The summed E-state index contributed by atoms with van der Waals surface area (Å²) in [7, 11) is 0. The summed E-state index contributed by atoms with van der Waals surface area (Å²) in [6, 6.07) is 7.35. The third kappa shape index (κ3) is 7.51. The van der Waals surface area contributed by atoms with Gasteiger partial charge in [0.15, 0.2) is 0 Å². The fourth-order valence-corrected chi connectivity index (χ4v) is 1.92. The zero-order chi connectivity index (χ0) is 14.1. The van der Waals surface area contributed by atoms with Crippen LogP contribution in [0.5, 0.6) is 5.75 Å². The van der Waals surface area contributed by atoms with E-state index in [0.717, 1.165) is 25.0 Å². The lowest BCUT2D eigenvalue weighted by molar-refractivity contribution is 0.361. The maximum absolute atomic E-state index is 5.81. The lowest BCUT2D eigenvalue weighted by Gasteiger charge is -2.06. The van der Waals surface area contributed by atoms with Gasteiger partial charge in [0.1, 0.15) is 16.8 Å². The number of hydrogen-bond acceptors (Lipinski definition) is 1. The minimum Gasteiger partial charge on any atom is -0.490 e. The first-order valence-corrected chi connectivity index (χ1v) is 7.32. The maximum Gasteiger partial charge on any atom is 0.119 e. The van der Waals surface area contributed by atoms with E-state index in [1.165, 1.54) is 5.57 Å². The van der Waals surface area contributed by atoms with Crippen LogP contribution in [0.1, 0.15) is 26.2 Å². The van der Waals surface area contributed by atoms with Gasteiger partial charge < -0.3 is 4.74 Å². The molecule has 0 aliphatic rings. The van der Waals surface area contributed by atoms with E-state index in [9.17, 15) is 0 Å². The molecule has 1 aromatic rings. The van der Waals surface area contributed by atoms with Crippen LogP contribution in [0.25, 0.3) is 0 Å². The van der Waals surface area contributed by atoms with Crippen molar-refractivity contribution in [1.29, 1.82) is 0 Å². The van der Waals surface area contributed by atoms with Crippen molar-refractivity contribution in [2.24, 2.45) is 0 Å². The summed E-state index contributed by atoms with van der Waals surface area (Å²) in [5.74, 6) is 0.819. The van der Waals surface area contributed by atoms with Gasteiger partial charge in [-0.2, -0.15) is 0 Å². The second kappa shape index (κ2) is 9.30. The van der Waals surface area contributed by atoms with Crippen LogP contribution >= 0.6 is 34.8 Å². The van der Waals surface area contributed by atoms with E-state index in [1.54, 1.807) is 0 Å². The molecule has 104 valence electrons. The summed E-state index contributed by atoms with van der Waals surface area (Å²) < 4.78 is 5.94. The molecule has 1 nitrogen and oxygen atoms in total. The van der Waals surface area contributed by atoms with E-state index < -0.39 is 0 Å². The number of rotatable bonds is 7. The van der Waals surface area contributed by atoms with Gasteiger partial charge in [0, 0.05) is 5.02 Å². The molecule has 1 aromatic carbocycles. The van der Waals surface area contributed by atoms with Gasteiger partial charge in [-0.3, -0.25) is 0 Å². The number of ether oxygens (including phenoxy) is 1. The Labute approximate surface area is 129 Å². The lowest BCUT2D eigenvalue weighted by Crippen LogP contribution is -1.95. The molecule has 0 N–H and O–H groups in total. The minimum atomic E-state index is 0.327. The quantitative estimate of drug-likeness (QED) is 0.547. The molecule has 0 heterocycles. The van der Waals surface area contributed by atoms with E-state index in [-0.39, 0.29) is 0 Å². The normalized spacial score (nSPS) is 11.3. The molecule has 0 unspecified atom stereocenters. The molecule has 0 amide bonds. The predicted octanol–water partition coefficient (Wildman–Crippen LogP) is 6.15. The standard InChI is InChI=1S/C15H17Cl3O/c1-2-12(4-3-5-15(17)18)10-11-19-14-8-6-13(16)7-9-14/h5-10H,2-4,11H2,1H3/b12-10+. The van der Waals surface area contributed by atoms with Crippen LogP contribution in [0.3, 0.4) is 0 Å². The monoisotopic (exact) mass is 318 g/mol. The first-order chi connectivity index (χ1) is 9.11. The smallest absolute Gasteiger partial charge is 0.119 e. The van der Waals surface area contributed by atoms with Gasteiger partial charge in [-0.25, -0.2) is 0 Å². The summed E-state index contributed by atoms with van der Waals surface area (Å²) in [4.78, 5) is 0. The zero-order valence-corrected chi connectivity index (χ0v) is 13.1. The summed E-state index contributed by atoms with van der Waals surface area (Å²) in [5.41, 5.74) is 1.33. The highest BCUT2D eigenvalue weighted by atomic mass is 35.5. The molecule has 0 aliphatic heterocycles. The summed E-state index contributed by atoms with van der Waals surface area (Å²) in [6.45, 7) is 2.68. The molecule has 1 rings (SSSR count). The van der Waals surface area contributed by atoms with Crippen molar-refractivity contribution in [3.63, 3.8) is 0 Å². The van der Waals surface area contributed by atoms with Crippen LogP contribution in [0.4, 0.5) is 0 Å². The third-order valence-corrected chi connectivity index (χ3v) is 3.21. The average molecular weight is 320 g/mol. The second-order valence-corrected chi connectivity index (χ2v) is 5.46. The van der Waals surface area contributed by atoms with Crippen LogP contribution in [-0.4, -0.2) is 6.61 Å². The van der Waals surface area contributed by atoms with Crippen molar-refractivity contribution in [2.75, 3.05) is 6.61 Å². The maximum atomic E-state index is 5.81. The third-order valence-electron chi connectivity index (χ3n) is 2.65. The van der Waals surface area contributed by atoms with Gasteiger partial charge in [0.25, 0.3) is 0 Å². The van der Waals surface area contributed by atoms with Gasteiger partial charge >= 0.3 is 0 Å². The first-order valence-electron chi connectivity index (χ1n) is 6.19. The van der Waals surface area contributed by atoms with Crippen molar-refractivity contribution in [2.45, 2.75) is 26.2 Å². The van der Waals surface area contributed by atoms with Gasteiger partial charge in [0.05, 0.1) is 0 Å². The van der Waals surface area contributed by atoms with Crippen LogP contribution in [0, 0.1) is 0 Å². The fourth-order valence-electron chi connectivity index (χ4n) is 1.58. The van der Waals surface area contributed by atoms with E-state index in [0.29, 0.717) is 16.1 Å². The Morgan fingerprint density at radius 3 is 2.42 bits per heavy atom. The number of halogens is 3. The molecule has 0 spiro atoms. The minimum absolute atomic E-state index is 0.327. The molecule has 19 heavy (non-hydrogen) atoms. The Morgan fingerprint density at radius 2 is 1.84 bits per heavy atom. The van der Waals surface area contributed by atoms with Gasteiger partial charge in [0.2, 0.25) is 0 Å². The molecule has 0 fully saturated rings. The molecular weight excluding hydrogens is 303 g/mol. The largest absolute Gasteiger partial charge is 0.490 e. The Kier molecular flexibility index (Phi) is 8.04. The van der Waals surface area contributed by atoms with Crippen molar-refractivity contribution in [3.8, 4) is 5.75 Å². The van der Waals surface area contributed by atoms with Gasteiger partial charge in [-0.05, 0) is 49.6 Å². The lowest BCUT2D eigenvalue weighted by atomic mass is 10.1. The highest BCUT2D eigenvalue weighted by molar-refractivity contribution is 6.55. The van der Waals surface area contributed by atoms with Crippen molar-refractivity contribution >= 4 is 34.8 Å². The van der Waals surface area contributed by atoms with Crippen molar-refractivity contribution < 1.29 is 4.74 Å². The highest BCUT2D eigenvalue weighted by Crippen LogP contribution is 2.17. The first kappa shape index (κ1) is 16.4. The van der Waals surface area contributed by atoms with Crippen LogP contribution in [0.15, 0.2) is 46.5 Å². The number of hydrogen-bond donors (Lipinski definition) is 0. The molecule has 0 aromatic heterocycles. The molecule has 4 heteroatoms. The highest BCUT2D eigenvalue weighted by Gasteiger charge is 1.96. The summed E-state index contributed by atoms with van der Waals surface area (Å²) in [6.07, 6.45) is 6.71. The predicted molar refractivity (Wildman–Crippen MR) is 84.3 cm³/mol. The number of allylic oxidation sites excluding steroid dienone is 2. The molecule has 0 aliphatic carbocycles. The average Bonchev–Trinajstić information content (AvgIpc) is 2.39. The summed E-state index contributed by atoms with van der Waals surface area (Å²) in [5, 5.41) is 0.710.